The van der Waals surface area contributed by atoms with Crippen LogP contribution in [0.5, 0.6) is 0 Å². The lowest BCUT2D eigenvalue weighted by Gasteiger charge is -2.35. The molecule has 0 radical (unpaired) electrons. The largest absolute Gasteiger partial charge is 0.387 e. The number of hydrogen-bond donors (Lipinski definition) is 1. The molecule has 0 aromatic heterocycles. The SMILES string of the molecule is CC(C)CCC(=O)N1CCN(CC(O)c2ccc(F)cc2F)CC1. The average molecular weight is 340 g/mol. The molecule has 134 valence electrons. The molecule has 1 saturated heterocycles. The molecule has 1 amide bonds. The highest BCUT2D eigenvalue weighted by Crippen LogP contribution is 2.20. The van der Waals surface area contributed by atoms with Crippen molar-refractivity contribution in [2.75, 3.05) is 32.7 Å². The number of rotatable bonds is 6. The molecule has 1 aliphatic heterocycles. The summed E-state index contributed by atoms with van der Waals surface area (Å²) >= 11 is 0. The van der Waals surface area contributed by atoms with E-state index in [-0.39, 0.29) is 18.0 Å². The molecule has 1 fully saturated rings. The van der Waals surface area contributed by atoms with Gasteiger partial charge in [0.25, 0.3) is 0 Å². The van der Waals surface area contributed by atoms with Crippen molar-refractivity contribution < 1.29 is 18.7 Å². The molecule has 1 aromatic carbocycles. The average Bonchev–Trinajstić information content (AvgIpc) is 2.53. The van der Waals surface area contributed by atoms with Crippen LogP contribution in [0.1, 0.15) is 38.4 Å². The van der Waals surface area contributed by atoms with E-state index in [1.54, 1.807) is 0 Å². The molecule has 2 rings (SSSR count). The molecule has 4 nitrogen and oxygen atoms in total. The molecule has 6 heteroatoms. The van der Waals surface area contributed by atoms with E-state index in [0.29, 0.717) is 38.5 Å². The minimum atomic E-state index is -1.01. The van der Waals surface area contributed by atoms with Crippen LogP contribution in [0, 0.1) is 17.6 Å². The molecule has 0 aliphatic carbocycles. The van der Waals surface area contributed by atoms with Crippen LogP contribution >= 0.6 is 0 Å². The van der Waals surface area contributed by atoms with Gasteiger partial charge in [0.05, 0.1) is 6.10 Å². The number of nitrogens with zero attached hydrogens (tertiary/aromatic N) is 2. The Morgan fingerprint density at radius 2 is 1.88 bits per heavy atom. The Morgan fingerprint density at radius 3 is 2.46 bits per heavy atom. The van der Waals surface area contributed by atoms with Crippen LogP contribution in [-0.4, -0.2) is 53.5 Å². The number of carbonyl (C=O) groups excluding carboxylic acids is 1. The summed E-state index contributed by atoms with van der Waals surface area (Å²) in [6, 6.07) is 3.21. The number of benzene rings is 1. The fourth-order valence-corrected chi connectivity index (χ4v) is 2.86. The number of carbonyl (C=O) groups is 1. The summed E-state index contributed by atoms with van der Waals surface area (Å²) in [5, 5.41) is 10.2. The molecule has 1 N–H and O–H groups in total. The van der Waals surface area contributed by atoms with E-state index in [0.717, 1.165) is 18.6 Å². The monoisotopic (exact) mass is 340 g/mol. The number of piperazine rings is 1. The number of halogens is 2. The van der Waals surface area contributed by atoms with Gasteiger partial charge in [0.15, 0.2) is 0 Å². The zero-order valence-corrected chi connectivity index (χ0v) is 14.3. The molecule has 0 saturated carbocycles. The van der Waals surface area contributed by atoms with Gasteiger partial charge in [0, 0.05) is 50.8 Å². The standard InChI is InChI=1S/C18H26F2N2O2/c1-13(2)3-6-18(24)22-9-7-21(8-10-22)12-17(23)15-5-4-14(19)11-16(15)20/h4-5,11,13,17,23H,3,6-10,12H2,1-2H3. The summed E-state index contributed by atoms with van der Waals surface area (Å²) in [4.78, 5) is 16.0. The van der Waals surface area contributed by atoms with E-state index >= 15 is 0 Å². The molecule has 0 bridgehead atoms. The number of hydrogen-bond acceptors (Lipinski definition) is 3. The van der Waals surface area contributed by atoms with Crippen molar-refractivity contribution in [3.63, 3.8) is 0 Å². The van der Waals surface area contributed by atoms with Crippen LogP contribution in [0.2, 0.25) is 0 Å². The van der Waals surface area contributed by atoms with Crippen molar-refractivity contribution in [2.45, 2.75) is 32.8 Å². The summed E-state index contributed by atoms with van der Waals surface area (Å²) in [6.07, 6.45) is 0.455. The smallest absolute Gasteiger partial charge is 0.222 e. The highest BCUT2D eigenvalue weighted by Gasteiger charge is 2.24. The summed E-state index contributed by atoms with van der Waals surface area (Å²) in [5.74, 6) is -0.702. The van der Waals surface area contributed by atoms with Crippen LogP contribution in [0.15, 0.2) is 18.2 Å². The fraction of sp³-hybridized carbons (Fsp3) is 0.611. The van der Waals surface area contributed by atoms with Crippen molar-refractivity contribution in [1.82, 2.24) is 9.80 Å². The first-order valence-electron chi connectivity index (χ1n) is 8.50. The van der Waals surface area contributed by atoms with Crippen molar-refractivity contribution in [3.8, 4) is 0 Å². The summed E-state index contributed by atoms with van der Waals surface area (Å²) in [7, 11) is 0. The van der Waals surface area contributed by atoms with Gasteiger partial charge >= 0.3 is 0 Å². The Kier molecular flexibility index (Phi) is 6.69. The van der Waals surface area contributed by atoms with Gasteiger partial charge in [-0.05, 0) is 18.4 Å². The van der Waals surface area contributed by atoms with E-state index < -0.39 is 17.7 Å². The first-order valence-corrected chi connectivity index (χ1v) is 8.50. The Morgan fingerprint density at radius 1 is 1.21 bits per heavy atom. The summed E-state index contributed by atoms with van der Waals surface area (Å²) in [6.45, 7) is 7.00. The highest BCUT2D eigenvalue weighted by atomic mass is 19.1. The second-order valence-corrected chi connectivity index (χ2v) is 6.80. The third kappa shape index (κ3) is 5.24. The zero-order chi connectivity index (χ0) is 17.7. The minimum absolute atomic E-state index is 0.104. The van der Waals surface area contributed by atoms with Gasteiger partial charge in [-0.2, -0.15) is 0 Å². The predicted molar refractivity (Wildman–Crippen MR) is 88.4 cm³/mol. The third-order valence-electron chi connectivity index (χ3n) is 4.41. The van der Waals surface area contributed by atoms with E-state index in [1.807, 2.05) is 9.80 Å². The van der Waals surface area contributed by atoms with E-state index in [2.05, 4.69) is 13.8 Å². The van der Waals surface area contributed by atoms with Crippen LogP contribution < -0.4 is 0 Å². The molecule has 1 unspecified atom stereocenters. The third-order valence-corrected chi connectivity index (χ3v) is 4.41. The molecule has 1 aliphatic rings. The predicted octanol–water partition coefficient (Wildman–Crippen LogP) is 2.58. The Labute approximate surface area is 142 Å². The Hall–Kier alpha value is -1.53. The van der Waals surface area contributed by atoms with E-state index in [9.17, 15) is 18.7 Å². The minimum Gasteiger partial charge on any atom is -0.387 e. The molecule has 1 aromatic rings. The number of aliphatic hydroxyl groups excluding tert-OH is 1. The van der Waals surface area contributed by atoms with Gasteiger partial charge < -0.3 is 10.0 Å². The molecule has 1 atom stereocenters. The van der Waals surface area contributed by atoms with E-state index in [4.69, 9.17) is 0 Å². The molecular weight excluding hydrogens is 314 g/mol. The molecular formula is C18H26F2N2O2. The van der Waals surface area contributed by atoms with Gasteiger partial charge in [-0.25, -0.2) is 8.78 Å². The van der Waals surface area contributed by atoms with Crippen molar-refractivity contribution >= 4 is 5.91 Å². The zero-order valence-electron chi connectivity index (χ0n) is 14.3. The molecule has 24 heavy (non-hydrogen) atoms. The second-order valence-electron chi connectivity index (χ2n) is 6.80. The van der Waals surface area contributed by atoms with E-state index in [1.165, 1.54) is 6.07 Å². The maximum atomic E-state index is 13.7. The van der Waals surface area contributed by atoms with Crippen molar-refractivity contribution in [2.24, 2.45) is 5.92 Å². The normalized spacial score (nSPS) is 17.3. The van der Waals surface area contributed by atoms with Crippen molar-refractivity contribution in [1.29, 1.82) is 0 Å². The number of aliphatic hydroxyl groups is 1. The lowest BCUT2D eigenvalue weighted by atomic mass is 10.1. The maximum Gasteiger partial charge on any atom is 0.222 e. The Balaban J connectivity index is 1.81. The molecule has 1 heterocycles. The van der Waals surface area contributed by atoms with Gasteiger partial charge in [0.1, 0.15) is 11.6 Å². The van der Waals surface area contributed by atoms with Gasteiger partial charge in [-0.1, -0.05) is 19.9 Å². The second kappa shape index (κ2) is 8.53. The van der Waals surface area contributed by atoms with Gasteiger partial charge in [0.2, 0.25) is 5.91 Å². The summed E-state index contributed by atoms with van der Waals surface area (Å²) in [5.41, 5.74) is 0.104. The Bertz CT molecular complexity index is 558. The van der Waals surface area contributed by atoms with Crippen LogP contribution in [0.3, 0.4) is 0 Å². The lowest BCUT2D eigenvalue weighted by molar-refractivity contribution is -0.133. The number of β-amino-alcohol motifs (C(OH)–C–C–N with tert-alkyl or cyclic N) is 1. The highest BCUT2D eigenvalue weighted by molar-refractivity contribution is 5.76. The topological polar surface area (TPSA) is 43.8 Å². The van der Waals surface area contributed by atoms with Crippen LogP contribution in [-0.2, 0) is 4.79 Å². The molecule has 0 spiro atoms. The number of amides is 1. The maximum absolute atomic E-state index is 13.7. The fourth-order valence-electron chi connectivity index (χ4n) is 2.86. The quantitative estimate of drug-likeness (QED) is 0.866. The summed E-state index contributed by atoms with van der Waals surface area (Å²) < 4.78 is 26.6. The lowest BCUT2D eigenvalue weighted by Crippen LogP contribution is -2.49. The van der Waals surface area contributed by atoms with Gasteiger partial charge in [-0.15, -0.1) is 0 Å². The first kappa shape index (κ1) is 18.8. The van der Waals surface area contributed by atoms with Crippen molar-refractivity contribution in [3.05, 3.63) is 35.4 Å². The van der Waals surface area contributed by atoms with Crippen LogP contribution in [0.4, 0.5) is 8.78 Å². The van der Waals surface area contributed by atoms with Crippen LogP contribution in [0.25, 0.3) is 0 Å². The first-order chi connectivity index (χ1) is 11.4. The van der Waals surface area contributed by atoms with Gasteiger partial charge in [-0.3, -0.25) is 9.69 Å².